The molecule has 0 fully saturated rings. The van der Waals surface area contributed by atoms with E-state index in [0.29, 0.717) is 12.5 Å². The quantitative estimate of drug-likeness (QED) is 0.649. The van der Waals surface area contributed by atoms with Crippen LogP contribution >= 0.6 is 11.6 Å². The zero-order valence-corrected chi connectivity index (χ0v) is 11.3. The van der Waals surface area contributed by atoms with Gasteiger partial charge < -0.3 is 4.74 Å². The van der Waals surface area contributed by atoms with Gasteiger partial charge >= 0.3 is 6.09 Å². The lowest BCUT2D eigenvalue weighted by molar-refractivity contribution is 0.160. The number of hydrogen-bond donors (Lipinski definition) is 1. The number of anilines is 1. The lowest BCUT2D eigenvalue weighted by Gasteiger charge is -2.09. The van der Waals surface area contributed by atoms with Crippen LogP contribution in [0.15, 0.2) is 42.5 Å². The fourth-order valence-electron chi connectivity index (χ4n) is 1.84. The van der Waals surface area contributed by atoms with Gasteiger partial charge in [-0.05, 0) is 24.3 Å². The Morgan fingerprint density at radius 2 is 1.89 bits per heavy atom. The molecule has 0 bridgehead atoms. The van der Waals surface area contributed by atoms with Gasteiger partial charge in [-0.2, -0.15) is 0 Å². The number of hydrogen-bond acceptors (Lipinski definition) is 2. The Morgan fingerprint density at radius 3 is 2.74 bits per heavy atom. The summed E-state index contributed by atoms with van der Waals surface area (Å²) in [7, 11) is 0. The lowest BCUT2D eigenvalue weighted by Crippen LogP contribution is -2.14. The van der Waals surface area contributed by atoms with E-state index in [4.69, 9.17) is 16.3 Å². The third kappa shape index (κ3) is 3.86. The van der Waals surface area contributed by atoms with Crippen molar-refractivity contribution in [3.63, 3.8) is 0 Å². The van der Waals surface area contributed by atoms with Crippen LogP contribution in [0.3, 0.4) is 0 Å². The standard InChI is InChI=1S/C15H16ClNO2/c16-10-3-4-11-19-15(18)17-14-9-5-7-12-6-1-2-8-13(12)14/h1-2,5-9H,3-4,10-11H2,(H,17,18). The van der Waals surface area contributed by atoms with Gasteiger partial charge in [-0.1, -0.05) is 36.4 Å². The number of rotatable bonds is 5. The van der Waals surface area contributed by atoms with Crippen LogP contribution in [0.5, 0.6) is 0 Å². The molecule has 0 atom stereocenters. The maximum absolute atomic E-state index is 11.7. The van der Waals surface area contributed by atoms with E-state index >= 15 is 0 Å². The predicted octanol–water partition coefficient (Wildman–Crippen LogP) is 4.41. The summed E-state index contributed by atoms with van der Waals surface area (Å²) in [4.78, 5) is 11.7. The SMILES string of the molecule is O=C(Nc1cccc2ccccc12)OCCCCCl. The highest BCUT2D eigenvalue weighted by Crippen LogP contribution is 2.22. The number of unbranched alkanes of at least 4 members (excludes halogenated alkanes) is 1. The highest BCUT2D eigenvalue weighted by Gasteiger charge is 2.05. The molecule has 0 aliphatic heterocycles. The molecule has 2 rings (SSSR count). The van der Waals surface area contributed by atoms with Gasteiger partial charge in [0, 0.05) is 11.3 Å². The first-order valence-corrected chi connectivity index (χ1v) is 6.82. The number of nitrogens with one attached hydrogen (secondary N) is 1. The van der Waals surface area contributed by atoms with Gasteiger partial charge in [0.2, 0.25) is 0 Å². The third-order valence-electron chi connectivity index (χ3n) is 2.79. The van der Waals surface area contributed by atoms with Crippen molar-refractivity contribution in [2.75, 3.05) is 17.8 Å². The molecule has 0 aromatic heterocycles. The Labute approximate surface area is 117 Å². The zero-order valence-electron chi connectivity index (χ0n) is 10.6. The number of amides is 1. The molecule has 0 saturated heterocycles. The molecule has 0 aliphatic rings. The smallest absolute Gasteiger partial charge is 0.411 e. The van der Waals surface area contributed by atoms with Crippen molar-refractivity contribution in [2.24, 2.45) is 0 Å². The maximum Gasteiger partial charge on any atom is 0.411 e. The first-order valence-electron chi connectivity index (χ1n) is 6.29. The minimum atomic E-state index is -0.425. The Morgan fingerprint density at radius 1 is 1.11 bits per heavy atom. The molecule has 0 unspecified atom stereocenters. The summed E-state index contributed by atoms with van der Waals surface area (Å²) in [6, 6.07) is 13.7. The van der Waals surface area contributed by atoms with Gasteiger partial charge in [0.05, 0.1) is 12.3 Å². The number of carbonyl (C=O) groups is 1. The van der Waals surface area contributed by atoms with Crippen molar-refractivity contribution in [2.45, 2.75) is 12.8 Å². The number of ether oxygens (including phenoxy) is 1. The fourth-order valence-corrected chi connectivity index (χ4v) is 2.03. The summed E-state index contributed by atoms with van der Waals surface area (Å²) < 4.78 is 5.09. The van der Waals surface area contributed by atoms with E-state index in [1.54, 1.807) is 0 Å². The monoisotopic (exact) mass is 277 g/mol. The van der Waals surface area contributed by atoms with Crippen LogP contribution in [0.25, 0.3) is 10.8 Å². The van der Waals surface area contributed by atoms with Crippen LogP contribution in [0.4, 0.5) is 10.5 Å². The van der Waals surface area contributed by atoms with Crippen LogP contribution in [0, 0.1) is 0 Å². The first-order chi connectivity index (χ1) is 9.31. The van der Waals surface area contributed by atoms with Crippen molar-refractivity contribution >= 4 is 34.2 Å². The van der Waals surface area contributed by atoms with Crippen LogP contribution < -0.4 is 5.32 Å². The molecule has 2 aromatic rings. The minimum absolute atomic E-state index is 0.392. The molecule has 2 aromatic carbocycles. The predicted molar refractivity (Wildman–Crippen MR) is 78.9 cm³/mol. The van der Waals surface area contributed by atoms with Crippen molar-refractivity contribution in [3.05, 3.63) is 42.5 Å². The minimum Gasteiger partial charge on any atom is -0.449 e. The van der Waals surface area contributed by atoms with Gasteiger partial charge in [-0.25, -0.2) is 4.79 Å². The highest BCUT2D eigenvalue weighted by atomic mass is 35.5. The molecular weight excluding hydrogens is 262 g/mol. The van der Waals surface area contributed by atoms with Crippen molar-refractivity contribution in [1.82, 2.24) is 0 Å². The average Bonchev–Trinajstić information content (AvgIpc) is 2.44. The summed E-state index contributed by atoms with van der Waals surface area (Å²) in [5, 5.41) is 4.86. The van der Waals surface area contributed by atoms with Crippen LogP contribution in [-0.4, -0.2) is 18.6 Å². The first kappa shape index (κ1) is 13.7. The molecule has 0 saturated carbocycles. The molecule has 0 spiro atoms. The van der Waals surface area contributed by atoms with Gasteiger partial charge in [0.25, 0.3) is 0 Å². The van der Waals surface area contributed by atoms with E-state index < -0.39 is 6.09 Å². The number of fused-ring (bicyclic) bond motifs is 1. The van der Waals surface area contributed by atoms with E-state index in [1.165, 1.54) is 0 Å². The normalized spacial score (nSPS) is 10.4. The zero-order chi connectivity index (χ0) is 13.5. The van der Waals surface area contributed by atoms with E-state index in [2.05, 4.69) is 5.32 Å². The second-order valence-electron chi connectivity index (χ2n) is 4.18. The Bertz CT molecular complexity index is 551. The van der Waals surface area contributed by atoms with Crippen LogP contribution in [0.1, 0.15) is 12.8 Å². The van der Waals surface area contributed by atoms with Crippen molar-refractivity contribution in [3.8, 4) is 0 Å². The molecule has 4 heteroatoms. The molecule has 0 heterocycles. The number of benzene rings is 2. The van der Waals surface area contributed by atoms with Gasteiger partial charge in [0.15, 0.2) is 0 Å². The van der Waals surface area contributed by atoms with E-state index in [-0.39, 0.29) is 0 Å². The van der Waals surface area contributed by atoms with Gasteiger partial charge in [-0.15, -0.1) is 11.6 Å². The average molecular weight is 278 g/mol. The second-order valence-corrected chi connectivity index (χ2v) is 4.56. The molecule has 1 amide bonds. The maximum atomic E-state index is 11.7. The summed E-state index contributed by atoms with van der Waals surface area (Å²) in [5.74, 6) is 0.592. The topological polar surface area (TPSA) is 38.3 Å². The summed E-state index contributed by atoms with van der Waals surface area (Å²) in [5.41, 5.74) is 0.764. The Kier molecular flexibility index (Phi) is 5.04. The van der Waals surface area contributed by atoms with Crippen molar-refractivity contribution < 1.29 is 9.53 Å². The lowest BCUT2D eigenvalue weighted by atomic mass is 10.1. The summed E-state index contributed by atoms with van der Waals surface area (Å²) >= 11 is 5.56. The summed E-state index contributed by atoms with van der Waals surface area (Å²) in [6.45, 7) is 0.392. The van der Waals surface area contributed by atoms with E-state index in [0.717, 1.165) is 29.3 Å². The largest absolute Gasteiger partial charge is 0.449 e. The van der Waals surface area contributed by atoms with E-state index in [1.807, 2.05) is 42.5 Å². The molecule has 0 aliphatic carbocycles. The Hall–Kier alpha value is -1.74. The van der Waals surface area contributed by atoms with E-state index in [9.17, 15) is 4.79 Å². The number of alkyl halides is 1. The third-order valence-corrected chi connectivity index (χ3v) is 3.05. The molecule has 3 nitrogen and oxygen atoms in total. The molecule has 100 valence electrons. The summed E-state index contributed by atoms with van der Waals surface area (Å²) in [6.07, 6.45) is 1.21. The molecule has 0 radical (unpaired) electrons. The number of halogens is 1. The molecule has 19 heavy (non-hydrogen) atoms. The highest BCUT2D eigenvalue weighted by molar-refractivity contribution is 6.17. The number of carbonyl (C=O) groups excluding carboxylic acids is 1. The van der Waals surface area contributed by atoms with Gasteiger partial charge in [-0.3, -0.25) is 5.32 Å². The van der Waals surface area contributed by atoms with Crippen LogP contribution in [0.2, 0.25) is 0 Å². The van der Waals surface area contributed by atoms with Gasteiger partial charge in [0.1, 0.15) is 0 Å². The second kappa shape index (κ2) is 7.00. The fraction of sp³-hybridized carbons (Fsp3) is 0.267. The van der Waals surface area contributed by atoms with Crippen LogP contribution in [-0.2, 0) is 4.74 Å². The Balaban J connectivity index is 1.99. The molecular formula is C15H16ClNO2. The van der Waals surface area contributed by atoms with Crippen molar-refractivity contribution in [1.29, 1.82) is 0 Å². The molecule has 1 N–H and O–H groups in total.